The minimum atomic E-state index is -3.27. The summed E-state index contributed by atoms with van der Waals surface area (Å²) in [6.07, 6.45) is 6.05. The van der Waals surface area contributed by atoms with Crippen molar-refractivity contribution in [2.24, 2.45) is 5.92 Å². The van der Waals surface area contributed by atoms with E-state index in [-0.39, 0.29) is 23.6 Å². The molecule has 1 heterocycles. The summed E-state index contributed by atoms with van der Waals surface area (Å²) in [5.74, 6) is 0.0791. The Hall–Kier alpha value is -2.18. The average molecular weight is 455 g/mol. The number of amides is 1. The molecule has 0 unspecified atom stereocenters. The van der Waals surface area contributed by atoms with E-state index in [9.17, 15) is 13.2 Å². The van der Waals surface area contributed by atoms with Gasteiger partial charge in [0, 0.05) is 19.0 Å². The summed E-state index contributed by atoms with van der Waals surface area (Å²) in [7, 11) is -3.27. The van der Waals surface area contributed by atoms with E-state index in [0.29, 0.717) is 32.4 Å². The average Bonchev–Trinajstić information content (AvgIpc) is 3.27. The molecule has 2 aromatic rings. The van der Waals surface area contributed by atoms with Crippen LogP contribution in [0, 0.1) is 5.92 Å². The first-order chi connectivity index (χ1) is 15.4. The Bertz CT molecular complexity index is 1030. The molecule has 1 fully saturated rings. The van der Waals surface area contributed by atoms with E-state index in [1.54, 1.807) is 4.31 Å². The van der Waals surface area contributed by atoms with Crippen molar-refractivity contribution in [2.75, 3.05) is 18.8 Å². The Morgan fingerprint density at radius 2 is 1.78 bits per heavy atom. The quantitative estimate of drug-likeness (QED) is 0.655. The highest BCUT2D eigenvalue weighted by Gasteiger charge is 2.31. The lowest BCUT2D eigenvalue weighted by Crippen LogP contribution is -2.44. The van der Waals surface area contributed by atoms with Crippen molar-refractivity contribution in [1.82, 2.24) is 9.62 Å². The molecule has 1 amide bonds. The van der Waals surface area contributed by atoms with Crippen LogP contribution in [0.15, 0.2) is 48.5 Å². The number of benzene rings is 2. The summed E-state index contributed by atoms with van der Waals surface area (Å²) >= 11 is 0. The zero-order valence-corrected chi connectivity index (χ0v) is 19.7. The van der Waals surface area contributed by atoms with Gasteiger partial charge in [0.15, 0.2) is 0 Å². The maximum atomic E-state index is 12.8. The summed E-state index contributed by atoms with van der Waals surface area (Å²) in [5, 5.41) is 3.16. The van der Waals surface area contributed by atoms with Gasteiger partial charge in [-0.25, -0.2) is 12.7 Å². The van der Waals surface area contributed by atoms with Crippen LogP contribution < -0.4 is 5.32 Å². The highest BCUT2D eigenvalue weighted by atomic mass is 32.2. The molecule has 1 N–H and O–H groups in total. The molecule has 172 valence electrons. The molecule has 1 aliphatic carbocycles. The molecule has 0 saturated carbocycles. The highest BCUT2D eigenvalue weighted by molar-refractivity contribution is 7.89. The van der Waals surface area contributed by atoms with Crippen molar-refractivity contribution < 1.29 is 13.2 Å². The Morgan fingerprint density at radius 1 is 1.06 bits per heavy atom. The zero-order chi connectivity index (χ0) is 22.6. The largest absolute Gasteiger partial charge is 0.349 e. The van der Waals surface area contributed by atoms with Crippen LogP contribution in [-0.4, -0.2) is 37.5 Å². The smallest absolute Gasteiger partial charge is 0.223 e. The minimum absolute atomic E-state index is 0.0341. The van der Waals surface area contributed by atoms with Gasteiger partial charge < -0.3 is 5.32 Å². The minimum Gasteiger partial charge on any atom is -0.349 e. The van der Waals surface area contributed by atoms with E-state index in [0.717, 1.165) is 30.4 Å². The summed E-state index contributed by atoms with van der Waals surface area (Å²) < 4.78 is 27.0. The number of hydrogen-bond donors (Lipinski definition) is 1. The van der Waals surface area contributed by atoms with E-state index in [2.05, 4.69) is 23.5 Å². The van der Waals surface area contributed by atoms with Crippen molar-refractivity contribution in [3.05, 3.63) is 70.8 Å². The van der Waals surface area contributed by atoms with Gasteiger partial charge in [0.1, 0.15) is 0 Å². The second-order valence-electron chi connectivity index (χ2n) is 9.19. The first kappa shape index (κ1) is 23.0. The van der Waals surface area contributed by atoms with Crippen LogP contribution in [0.25, 0.3) is 0 Å². The molecule has 6 heteroatoms. The fourth-order valence-electron chi connectivity index (χ4n) is 4.90. The van der Waals surface area contributed by atoms with Gasteiger partial charge in [-0.15, -0.1) is 0 Å². The van der Waals surface area contributed by atoms with Crippen molar-refractivity contribution in [3.8, 4) is 0 Å². The van der Waals surface area contributed by atoms with E-state index >= 15 is 0 Å². The molecule has 1 atom stereocenters. The SMILES string of the molecule is C[C@@H](NC(=O)C1CCN(S(=O)(=O)CCCc2ccccc2)CC1)c1ccc2c(c1)CCC2. The number of aryl methyl sites for hydroxylation is 3. The number of piperidine rings is 1. The molecule has 0 aromatic heterocycles. The molecule has 2 aromatic carbocycles. The number of hydrogen-bond acceptors (Lipinski definition) is 3. The van der Waals surface area contributed by atoms with Gasteiger partial charge in [0.05, 0.1) is 11.8 Å². The van der Waals surface area contributed by atoms with Gasteiger partial charge in [0.2, 0.25) is 15.9 Å². The monoisotopic (exact) mass is 454 g/mol. The molecule has 1 saturated heterocycles. The van der Waals surface area contributed by atoms with E-state index in [1.165, 1.54) is 17.5 Å². The van der Waals surface area contributed by atoms with Gasteiger partial charge in [-0.1, -0.05) is 48.5 Å². The van der Waals surface area contributed by atoms with Gasteiger partial charge in [-0.3, -0.25) is 4.79 Å². The first-order valence-corrected chi connectivity index (χ1v) is 13.5. The van der Waals surface area contributed by atoms with Crippen LogP contribution in [0.5, 0.6) is 0 Å². The maximum Gasteiger partial charge on any atom is 0.223 e. The summed E-state index contributed by atoms with van der Waals surface area (Å²) in [6.45, 7) is 2.89. The number of fused-ring (bicyclic) bond motifs is 1. The Balaban J connectivity index is 1.24. The predicted octanol–water partition coefficient (Wildman–Crippen LogP) is 4.03. The molecule has 0 radical (unpaired) electrons. The van der Waals surface area contributed by atoms with Crippen LogP contribution in [0.2, 0.25) is 0 Å². The lowest BCUT2D eigenvalue weighted by molar-refractivity contribution is -0.126. The van der Waals surface area contributed by atoms with Gasteiger partial charge in [-0.05, 0) is 74.1 Å². The second kappa shape index (κ2) is 10.2. The molecule has 0 spiro atoms. The van der Waals surface area contributed by atoms with Crippen molar-refractivity contribution in [3.63, 3.8) is 0 Å². The number of rotatable bonds is 8. The molecular weight excluding hydrogens is 420 g/mol. The molecular formula is C26H34N2O3S. The standard InChI is InChI=1S/C26H34N2O3S/c1-20(24-13-12-22-10-5-11-25(22)19-24)27-26(29)23-14-16-28(17-15-23)32(30,31)18-6-9-21-7-3-2-4-8-21/h2-4,7-8,12-13,19-20,23H,5-6,9-11,14-18H2,1H3,(H,27,29)/t20-/m1/s1. The fourth-order valence-corrected chi connectivity index (χ4v) is 6.44. The van der Waals surface area contributed by atoms with Crippen molar-refractivity contribution in [1.29, 1.82) is 0 Å². The lowest BCUT2D eigenvalue weighted by atomic mass is 9.96. The van der Waals surface area contributed by atoms with Crippen LogP contribution >= 0.6 is 0 Å². The van der Waals surface area contributed by atoms with Crippen LogP contribution in [0.3, 0.4) is 0 Å². The number of nitrogens with zero attached hydrogens (tertiary/aromatic N) is 1. The molecule has 5 nitrogen and oxygen atoms in total. The predicted molar refractivity (Wildman–Crippen MR) is 128 cm³/mol. The molecule has 32 heavy (non-hydrogen) atoms. The molecule has 1 aliphatic heterocycles. The number of carbonyl (C=O) groups excluding carboxylic acids is 1. The topological polar surface area (TPSA) is 66.5 Å². The Kier molecular flexibility index (Phi) is 7.31. The van der Waals surface area contributed by atoms with Crippen molar-refractivity contribution in [2.45, 2.75) is 57.9 Å². The molecule has 2 aliphatic rings. The summed E-state index contributed by atoms with van der Waals surface area (Å²) in [6, 6.07) is 16.5. The van der Waals surface area contributed by atoms with Crippen LogP contribution in [0.1, 0.15) is 60.9 Å². The normalized spacial score (nSPS) is 18.3. The zero-order valence-electron chi connectivity index (χ0n) is 18.9. The Morgan fingerprint density at radius 3 is 2.53 bits per heavy atom. The van der Waals surface area contributed by atoms with Gasteiger partial charge >= 0.3 is 0 Å². The third kappa shape index (κ3) is 5.59. The fraction of sp³-hybridized carbons (Fsp3) is 0.500. The number of sulfonamides is 1. The lowest BCUT2D eigenvalue weighted by Gasteiger charge is -2.31. The highest BCUT2D eigenvalue weighted by Crippen LogP contribution is 2.26. The third-order valence-corrected chi connectivity index (χ3v) is 8.87. The third-order valence-electron chi connectivity index (χ3n) is 6.91. The van der Waals surface area contributed by atoms with E-state index in [4.69, 9.17) is 0 Å². The second-order valence-corrected chi connectivity index (χ2v) is 11.3. The number of carbonyl (C=O) groups is 1. The summed E-state index contributed by atoms with van der Waals surface area (Å²) in [5.41, 5.74) is 5.16. The Labute approximate surface area is 192 Å². The van der Waals surface area contributed by atoms with E-state index in [1.807, 2.05) is 37.3 Å². The summed E-state index contributed by atoms with van der Waals surface area (Å²) in [4.78, 5) is 12.8. The van der Waals surface area contributed by atoms with Crippen molar-refractivity contribution >= 4 is 15.9 Å². The van der Waals surface area contributed by atoms with Gasteiger partial charge in [0.25, 0.3) is 0 Å². The maximum absolute atomic E-state index is 12.8. The molecule has 4 rings (SSSR count). The molecule has 0 bridgehead atoms. The van der Waals surface area contributed by atoms with Gasteiger partial charge in [-0.2, -0.15) is 0 Å². The van der Waals surface area contributed by atoms with Crippen LogP contribution in [0.4, 0.5) is 0 Å². The first-order valence-electron chi connectivity index (χ1n) is 11.9. The number of nitrogens with one attached hydrogen (secondary N) is 1. The van der Waals surface area contributed by atoms with Crippen LogP contribution in [-0.2, 0) is 34.1 Å². The van der Waals surface area contributed by atoms with E-state index < -0.39 is 10.0 Å².